The second kappa shape index (κ2) is 5.97. The van der Waals surface area contributed by atoms with E-state index in [1.807, 2.05) is 24.4 Å². The van der Waals surface area contributed by atoms with Gasteiger partial charge in [0.2, 0.25) is 0 Å². The van der Waals surface area contributed by atoms with Gasteiger partial charge in [0.25, 0.3) is 0 Å². The Morgan fingerprint density at radius 1 is 1.44 bits per heavy atom. The molecular formula is C12H15BrN4O. The lowest BCUT2D eigenvalue weighted by Gasteiger charge is -2.08. The van der Waals surface area contributed by atoms with E-state index in [9.17, 15) is 0 Å². The van der Waals surface area contributed by atoms with E-state index in [0.717, 1.165) is 15.9 Å². The number of nitrogens with one attached hydrogen (secondary N) is 1. The van der Waals surface area contributed by atoms with Gasteiger partial charge >= 0.3 is 0 Å². The lowest BCUT2D eigenvalue weighted by atomic mass is 10.2. The van der Waals surface area contributed by atoms with E-state index >= 15 is 0 Å². The second-order valence-electron chi connectivity index (χ2n) is 3.96. The van der Waals surface area contributed by atoms with Crippen LogP contribution in [0.25, 0.3) is 0 Å². The van der Waals surface area contributed by atoms with Crippen molar-refractivity contribution in [3.63, 3.8) is 0 Å². The Hall–Kier alpha value is -1.40. The zero-order valence-corrected chi connectivity index (χ0v) is 11.7. The zero-order valence-electron chi connectivity index (χ0n) is 10.1. The predicted molar refractivity (Wildman–Crippen MR) is 73.3 cm³/mol. The summed E-state index contributed by atoms with van der Waals surface area (Å²) in [5, 5.41) is 20.1. The van der Waals surface area contributed by atoms with Gasteiger partial charge in [-0.3, -0.25) is 0 Å². The maximum Gasteiger partial charge on any atom is 0.102 e. The van der Waals surface area contributed by atoms with Gasteiger partial charge < -0.3 is 10.4 Å². The van der Waals surface area contributed by atoms with Crippen LogP contribution in [0, 0.1) is 6.92 Å². The Balaban J connectivity index is 2.00. The Labute approximate surface area is 114 Å². The summed E-state index contributed by atoms with van der Waals surface area (Å²) in [5.74, 6) is 0. The fraction of sp³-hybridized carbons (Fsp3) is 0.333. The monoisotopic (exact) mass is 310 g/mol. The number of benzene rings is 1. The molecule has 0 atom stereocenters. The number of hydrogen-bond acceptors (Lipinski definition) is 4. The highest BCUT2D eigenvalue weighted by atomic mass is 79.9. The lowest BCUT2D eigenvalue weighted by molar-refractivity contribution is 0.268. The molecule has 6 heteroatoms. The number of aliphatic hydroxyl groups is 1. The van der Waals surface area contributed by atoms with Gasteiger partial charge in [-0.1, -0.05) is 27.2 Å². The maximum atomic E-state index is 8.79. The second-order valence-corrected chi connectivity index (χ2v) is 4.82. The van der Waals surface area contributed by atoms with Crippen LogP contribution in [0.5, 0.6) is 0 Å². The van der Waals surface area contributed by atoms with E-state index in [1.165, 1.54) is 5.56 Å². The van der Waals surface area contributed by atoms with Crippen LogP contribution in [0.4, 0.5) is 5.69 Å². The van der Waals surface area contributed by atoms with Crippen LogP contribution in [-0.4, -0.2) is 26.7 Å². The molecule has 0 spiro atoms. The van der Waals surface area contributed by atoms with Gasteiger partial charge in [0, 0.05) is 10.2 Å². The van der Waals surface area contributed by atoms with Gasteiger partial charge in [-0.25, -0.2) is 4.68 Å². The Kier molecular flexibility index (Phi) is 4.33. The highest BCUT2D eigenvalue weighted by molar-refractivity contribution is 9.10. The van der Waals surface area contributed by atoms with Crippen LogP contribution in [0.3, 0.4) is 0 Å². The number of nitrogens with zero attached hydrogens (tertiary/aromatic N) is 3. The van der Waals surface area contributed by atoms with E-state index in [0.29, 0.717) is 13.1 Å². The summed E-state index contributed by atoms with van der Waals surface area (Å²) in [7, 11) is 0. The molecule has 0 amide bonds. The average molecular weight is 311 g/mol. The van der Waals surface area contributed by atoms with Crippen molar-refractivity contribution >= 4 is 21.6 Å². The number of halogens is 1. The predicted octanol–water partition coefficient (Wildman–Crippen LogP) is 1.95. The number of hydrogen-bond donors (Lipinski definition) is 2. The third-order valence-corrected chi connectivity index (χ3v) is 3.50. The third kappa shape index (κ3) is 3.08. The summed E-state index contributed by atoms with van der Waals surface area (Å²) in [6.45, 7) is 3.21. The van der Waals surface area contributed by atoms with Gasteiger partial charge in [-0.05, 0) is 24.6 Å². The molecule has 1 aromatic heterocycles. The quantitative estimate of drug-likeness (QED) is 0.886. The minimum Gasteiger partial charge on any atom is -0.394 e. The third-order valence-electron chi connectivity index (χ3n) is 2.64. The summed E-state index contributed by atoms with van der Waals surface area (Å²) in [4.78, 5) is 0. The molecule has 5 nitrogen and oxygen atoms in total. The summed E-state index contributed by atoms with van der Waals surface area (Å²) in [5.41, 5.74) is 3.09. The van der Waals surface area contributed by atoms with Gasteiger partial charge in [0.15, 0.2) is 0 Å². The number of aromatic nitrogens is 3. The minimum atomic E-state index is 0.0704. The van der Waals surface area contributed by atoms with Crippen molar-refractivity contribution in [1.82, 2.24) is 15.0 Å². The molecule has 18 heavy (non-hydrogen) atoms. The standard InChI is InChI=1S/C12H15BrN4O/c1-9-11(13)3-2-4-12(9)14-7-10-8-17(5-6-18)16-15-10/h2-4,8,14,18H,5-7H2,1H3. The molecule has 0 aliphatic heterocycles. The molecule has 0 fully saturated rings. The van der Waals surface area contributed by atoms with E-state index in [2.05, 4.69) is 38.5 Å². The zero-order chi connectivity index (χ0) is 13.0. The molecule has 0 saturated carbocycles. The summed E-state index contributed by atoms with van der Waals surface area (Å²) in [6.07, 6.45) is 1.83. The highest BCUT2D eigenvalue weighted by Gasteiger charge is 2.03. The molecule has 2 aromatic rings. The van der Waals surface area contributed by atoms with Crippen molar-refractivity contribution in [2.45, 2.75) is 20.0 Å². The van der Waals surface area contributed by atoms with Crippen molar-refractivity contribution in [1.29, 1.82) is 0 Å². The van der Waals surface area contributed by atoms with E-state index < -0.39 is 0 Å². The normalized spacial score (nSPS) is 10.6. The molecule has 0 saturated heterocycles. The molecule has 2 N–H and O–H groups in total. The summed E-state index contributed by atoms with van der Waals surface area (Å²) >= 11 is 3.50. The van der Waals surface area contributed by atoms with Crippen molar-refractivity contribution in [3.05, 3.63) is 40.1 Å². The molecule has 0 radical (unpaired) electrons. The largest absolute Gasteiger partial charge is 0.394 e. The number of anilines is 1. The Morgan fingerprint density at radius 3 is 3.06 bits per heavy atom. The summed E-state index contributed by atoms with van der Waals surface area (Å²) in [6, 6.07) is 6.03. The molecular weight excluding hydrogens is 296 g/mol. The molecule has 0 aliphatic rings. The van der Waals surface area contributed by atoms with Crippen molar-refractivity contribution < 1.29 is 5.11 Å². The first kappa shape index (κ1) is 13.0. The molecule has 0 aliphatic carbocycles. The maximum absolute atomic E-state index is 8.79. The molecule has 1 aromatic carbocycles. The van der Waals surface area contributed by atoms with E-state index in [1.54, 1.807) is 4.68 Å². The van der Waals surface area contributed by atoms with Gasteiger partial charge in [0.1, 0.15) is 5.69 Å². The number of rotatable bonds is 5. The first-order chi connectivity index (χ1) is 8.70. The molecule has 0 bridgehead atoms. The Bertz CT molecular complexity index is 527. The first-order valence-electron chi connectivity index (χ1n) is 5.69. The SMILES string of the molecule is Cc1c(Br)cccc1NCc1cn(CCO)nn1. The van der Waals surface area contributed by atoms with Crippen molar-refractivity contribution in [2.75, 3.05) is 11.9 Å². The van der Waals surface area contributed by atoms with Crippen LogP contribution in [0.15, 0.2) is 28.9 Å². The van der Waals surface area contributed by atoms with Crippen molar-refractivity contribution in [2.24, 2.45) is 0 Å². The van der Waals surface area contributed by atoms with Crippen LogP contribution >= 0.6 is 15.9 Å². The van der Waals surface area contributed by atoms with Crippen LogP contribution in [0.2, 0.25) is 0 Å². The molecule has 1 heterocycles. The topological polar surface area (TPSA) is 63.0 Å². The first-order valence-corrected chi connectivity index (χ1v) is 6.49. The van der Waals surface area contributed by atoms with Crippen LogP contribution < -0.4 is 5.32 Å². The summed E-state index contributed by atoms with van der Waals surface area (Å²) < 4.78 is 2.71. The molecule has 0 unspecified atom stereocenters. The fourth-order valence-corrected chi connectivity index (χ4v) is 1.98. The molecule has 96 valence electrons. The fourth-order valence-electron chi connectivity index (χ4n) is 1.62. The highest BCUT2D eigenvalue weighted by Crippen LogP contribution is 2.23. The smallest absolute Gasteiger partial charge is 0.102 e. The van der Waals surface area contributed by atoms with Gasteiger partial charge in [0.05, 0.1) is 25.9 Å². The average Bonchev–Trinajstić information content (AvgIpc) is 2.79. The minimum absolute atomic E-state index is 0.0704. The van der Waals surface area contributed by atoms with Crippen LogP contribution in [0.1, 0.15) is 11.3 Å². The van der Waals surface area contributed by atoms with E-state index in [4.69, 9.17) is 5.11 Å². The van der Waals surface area contributed by atoms with Gasteiger partial charge in [-0.15, -0.1) is 5.10 Å². The lowest BCUT2D eigenvalue weighted by Crippen LogP contribution is -2.02. The molecule has 2 rings (SSSR count). The van der Waals surface area contributed by atoms with Crippen LogP contribution in [-0.2, 0) is 13.1 Å². The number of aliphatic hydroxyl groups excluding tert-OH is 1. The van der Waals surface area contributed by atoms with E-state index in [-0.39, 0.29) is 6.61 Å². The Morgan fingerprint density at radius 2 is 2.28 bits per heavy atom. The van der Waals surface area contributed by atoms with Gasteiger partial charge in [-0.2, -0.15) is 0 Å². The van der Waals surface area contributed by atoms with Crippen molar-refractivity contribution in [3.8, 4) is 0 Å².